The van der Waals surface area contributed by atoms with Crippen LogP contribution >= 0.6 is 0 Å². The molecule has 3 aromatic heterocycles. The molecule has 1 aliphatic heterocycles. The first-order valence-corrected chi connectivity index (χ1v) is 10.9. The number of benzene rings is 2. The summed E-state index contributed by atoms with van der Waals surface area (Å²) in [5, 5.41) is 7.68. The molecule has 0 saturated heterocycles. The van der Waals surface area contributed by atoms with Crippen molar-refractivity contribution in [2.45, 2.75) is 19.3 Å². The summed E-state index contributed by atoms with van der Waals surface area (Å²) in [6, 6.07) is 8.59. The van der Waals surface area contributed by atoms with Crippen molar-refractivity contribution < 1.29 is 22.4 Å². The molecule has 12 heteroatoms. The average Bonchev–Trinajstić information content (AvgIpc) is 3.59. The van der Waals surface area contributed by atoms with E-state index in [0.29, 0.717) is 28.2 Å². The van der Waals surface area contributed by atoms with E-state index in [1.54, 1.807) is 38.5 Å². The summed E-state index contributed by atoms with van der Waals surface area (Å²) in [7, 11) is 1.65. The molecule has 0 bridgehead atoms. The molecule has 1 aliphatic rings. The van der Waals surface area contributed by atoms with Gasteiger partial charge in [0.15, 0.2) is 0 Å². The zero-order chi connectivity index (χ0) is 25.4. The summed E-state index contributed by atoms with van der Waals surface area (Å²) in [6.45, 7) is 1.75. The average molecular weight is 495 g/mol. The SMILES string of the molecule is Cc1nn(C)c2c1C(c1ccc(-c3cnn(C(F)(F)F)c3)cc1F)N(c1ccc3[nH]cnc3c1)C2=O. The van der Waals surface area contributed by atoms with Gasteiger partial charge in [-0.05, 0) is 36.8 Å². The Bertz CT molecular complexity index is 1660. The monoisotopic (exact) mass is 495 g/mol. The molecule has 0 aliphatic carbocycles. The van der Waals surface area contributed by atoms with Crippen LogP contribution < -0.4 is 4.90 Å². The van der Waals surface area contributed by atoms with Gasteiger partial charge in [-0.2, -0.15) is 14.9 Å². The second kappa shape index (κ2) is 7.51. The van der Waals surface area contributed by atoms with Crippen molar-refractivity contribution in [3.8, 4) is 11.1 Å². The second-order valence-corrected chi connectivity index (χ2v) is 8.53. The predicted molar refractivity (Wildman–Crippen MR) is 122 cm³/mol. The van der Waals surface area contributed by atoms with E-state index in [4.69, 9.17) is 0 Å². The maximum absolute atomic E-state index is 15.6. The van der Waals surface area contributed by atoms with Crippen LogP contribution in [0.25, 0.3) is 22.2 Å². The van der Waals surface area contributed by atoms with Gasteiger partial charge in [0.1, 0.15) is 11.5 Å². The number of halogens is 4. The third-order valence-electron chi connectivity index (χ3n) is 6.38. The lowest BCUT2D eigenvalue weighted by Crippen LogP contribution is -2.30. The Hall–Kier alpha value is -4.48. The fourth-order valence-corrected chi connectivity index (χ4v) is 4.79. The van der Waals surface area contributed by atoms with Crippen LogP contribution in [0.4, 0.5) is 23.2 Å². The lowest BCUT2D eigenvalue weighted by Gasteiger charge is -2.27. The van der Waals surface area contributed by atoms with Crippen LogP contribution in [-0.2, 0) is 13.3 Å². The molecule has 0 saturated carbocycles. The summed E-state index contributed by atoms with van der Waals surface area (Å²) in [4.78, 5) is 22.3. The van der Waals surface area contributed by atoms with E-state index < -0.39 is 18.2 Å². The van der Waals surface area contributed by atoms with Crippen LogP contribution in [0.15, 0.2) is 55.1 Å². The molecule has 1 N–H and O–H groups in total. The molecule has 0 radical (unpaired) electrons. The largest absolute Gasteiger partial charge is 0.504 e. The third-order valence-corrected chi connectivity index (χ3v) is 6.38. The zero-order valence-corrected chi connectivity index (χ0v) is 18.9. The van der Waals surface area contributed by atoms with Crippen molar-refractivity contribution in [1.82, 2.24) is 29.5 Å². The Kier molecular flexibility index (Phi) is 4.59. The van der Waals surface area contributed by atoms with Crippen molar-refractivity contribution in [2.75, 3.05) is 4.90 Å². The van der Waals surface area contributed by atoms with E-state index in [9.17, 15) is 18.0 Å². The van der Waals surface area contributed by atoms with Crippen molar-refractivity contribution in [2.24, 2.45) is 7.05 Å². The summed E-state index contributed by atoms with van der Waals surface area (Å²) < 4.78 is 55.8. The quantitative estimate of drug-likeness (QED) is 0.364. The highest BCUT2D eigenvalue weighted by atomic mass is 19.4. The molecule has 6 rings (SSSR count). The number of H-pyrrole nitrogens is 1. The summed E-state index contributed by atoms with van der Waals surface area (Å²) in [5.41, 5.74) is 3.96. The second-order valence-electron chi connectivity index (χ2n) is 8.53. The predicted octanol–water partition coefficient (Wildman–Crippen LogP) is 4.83. The van der Waals surface area contributed by atoms with Gasteiger partial charge in [0, 0.05) is 35.6 Å². The normalized spacial score (nSPS) is 15.8. The molecule has 5 aromatic rings. The Morgan fingerprint density at radius 1 is 1.08 bits per heavy atom. The van der Waals surface area contributed by atoms with Crippen molar-refractivity contribution >= 4 is 22.6 Å². The number of fused-ring (bicyclic) bond motifs is 2. The van der Waals surface area contributed by atoms with Crippen LogP contribution in [-0.4, -0.2) is 35.4 Å². The fourth-order valence-electron chi connectivity index (χ4n) is 4.79. The van der Waals surface area contributed by atoms with Crippen LogP contribution in [0.5, 0.6) is 0 Å². The molecular formula is C24H17F4N7O. The first kappa shape index (κ1) is 22.0. The van der Waals surface area contributed by atoms with E-state index in [-0.39, 0.29) is 27.3 Å². The van der Waals surface area contributed by atoms with E-state index >= 15 is 4.39 Å². The van der Waals surface area contributed by atoms with Gasteiger partial charge in [-0.25, -0.2) is 9.37 Å². The minimum atomic E-state index is -4.68. The molecular weight excluding hydrogens is 478 g/mol. The fraction of sp³-hybridized carbons (Fsp3) is 0.167. The first-order valence-electron chi connectivity index (χ1n) is 10.9. The number of hydrogen-bond acceptors (Lipinski definition) is 4. The van der Waals surface area contributed by atoms with Crippen molar-refractivity contribution in [3.63, 3.8) is 0 Å². The molecule has 8 nitrogen and oxygen atoms in total. The minimum absolute atomic E-state index is 0.111. The highest BCUT2D eigenvalue weighted by molar-refractivity contribution is 6.11. The highest BCUT2D eigenvalue weighted by Crippen LogP contribution is 2.44. The number of carbonyl (C=O) groups excluding carboxylic acids is 1. The number of aromatic amines is 1. The third kappa shape index (κ3) is 3.21. The van der Waals surface area contributed by atoms with Crippen LogP contribution in [0.2, 0.25) is 0 Å². The minimum Gasteiger partial charge on any atom is -0.345 e. The Balaban J connectivity index is 1.48. The lowest BCUT2D eigenvalue weighted by molar-refractivity contribution is -0.212. The summed E-state index contributed by atoms with van der Waals surface area (Å²) in [5.74, 6) is -1.02. The van der Waals surface area contributed by atoms with E-state index in [1.807, 2.05) is 0 Å². The standard InChI is InChI=1S/C24H17F4N7O/c1-12-20-21(16-5-3-13(7-17(16)25)14-9-31-34(10-14)24(26,27)28)35(23(36)22(20)33(2)32-12)15-4-6-18-19(8-15)30-11-29-18/h3-11,21H,1-2H3,(H,29,30). The smallest absolute Gasteiger partial charge is 0.345 e. The number of carbonyl (C=O) groups is 1. The number of imidazole rings is 1. The molecule has 182 valence electrons. The topological polar surface area (TPSA) is 84.6 Å². The molecule has 1 amide bonds. The van der Waals surface area contributed by atoms with Gasteiger partial charge < -0.3 is 4.98 Å². The molecule has 1 atom stereocenters. The van der Waals surface area contributed by atoms with Crippen LogP contribution in [0.1, 0.15) is 33.4 Å². The molecule has 4 heterocycles. The molecule has 1 unspecified atom stereocenters. The number of nitrogens with one attached hydrogen (secondary N) is 1. The van der Waals surface area contributed by atoms with Gasteiger partial charge in [-0.3, -0.25) is 14.4 Å². The summed E-state index contributed by atoms with van der Waals surface area (Å²) >= 11 is 0. The summed E-state index contributed by atoms with van der Waals surface area (Å²) in [6.07, 6.45) is -1.32. The van der Waals surface area contributed by atoms with Gasteiger partial charge in [-0.15, -0.1) is 13.2 Å². The number of rotatable bonds is 3. The number of nitrogens with zero attached hydrogens (tertiary/aromatic N) is 6. The van der Waals surface area contributed by atoms with Crippen molar-refractivity contribution in [1.29, 1.82) is 0 Å². The van der Waals surface area contributed by atoms with Gasteiger partial charge in [-0.1, -0.05) is 12.1 Å². The van der Waals surface area contributed by atoms with E-state index in [1.165, 1.54) is 21.7 Å². The van der Waals surface area contributed by atoms with Crippen LogP contribution in [0, 0.1) is 12.7 Å². The number of anilines is 1. The molecule has 0 spiro atoms. The Labute approximate surface area is 200 Å². The van der Waals surface area contributed by atoms with Crippen LogP contribution in [0.3, 0.4) is 0 Å². The van der Waals surface area contributed by atoms with E-state index in [0.717, 1.165) is 24.0 Å². The first-order chi connectivity index (χ1) is 17.1. The lowest BCUT2D eigenvalue weighted by atomic mass is 9.96. The number of aromatic nitrogens is 6. The van der Waals surface area contributed by atoms with Gasteiger partial charge in [0.25, 0.3) is 5.91 Å². The van der Waals surface area contributed by atoms with Crippen molar-refractivity contribution in [3.05, 3.63) is 83.5 Å². The Morgan fingerprint density at radius 3 is 2.61 bits per heavy atom. The maximum atomic E-state index is 15.6. The van der Waals surface area contributed by atoms with E-state index in [2.05, 4.69) is 20.2 Å². The maximum Gasteiger partial charge on any atom is 0.504 e. The molecule has 0 fully saturated rings. The number of amides is 1. The Morgan fingerprint density at radius 2 is 1.89 bits per heavy atom. The molecule has 36 heavy (non-hydrogen) atoms. The van der Waals surface area contributed by atoms with Gasteiger partial charge >= 0.3 is 6.30 Å². The zero-order valence-electron chi connectivity index (χ0n) is 18.9. The number of alkyl halides is 3. The highest BCUT2D eigenvalue weighted by Gasteiger charge is 2.44. The molecule has 2 aromatic carbocycles. The van der Waals surface area contributed by atoms with Gasteiger partial charge in [0.05, 0.1) is 35.3 Å². The van der Waals surface area contributed by atoms with Gasteiger partial charge in [0.2, 0.25) is 0 Å². The number of hydrogen-bond donors (Lipinski definition) is 1. The number of aryl methyl sites for hydroxylation is 2.